The molecule has 0 aliphatic carbocycles. The van der Waals surface area contributed by atoms with Crippen LogP contribution < -0.4 is 11.2 Å². The van der Waals surface area contributed by atoms with Gasteiger partial charge < -0.3 is 9.67 Å². The summed E-state index contributed by atoms with van der Waals surface area (Å²) in [6.07, 6.45) is 2.26. The summed E-state index contributed by atoms with van der Waals surface area (Å²) in [4.78, 5) is 23.3. The number of aliphatic hydroxyl groups excluding tert-OH is 1. The van der Waals surface area contributed by atoms with Crippen LogP contribution in [0.3, 0.4) is 0 Å². The molecule has 1 unspecified atom stereocenters. The highest BCUT2D eigenvalue weighted by Gasteiger charge is 2.05. The van der Waals surface area contributed by atoms with E-state index in [1.807, 2.05) is 6.92 Å². The van der Waals surface area contributed by atoms with Crippen LogP contribution in [-0.4, -0.2) is 20.3 Å². The number of hydrogen-bond donors (Lipinski definition) is 1. The maximum atomic E-state index is 11.8. The Morgan fingerprint density at radius 3 is 2.62 bits per heavy atom. The largest absolute Gasteiger partial charge is 0.393 e. The van der Waals surface area contributed by atoms with Gasteiger partial charge in [0.15, 0.2) is 0 Å². The number of aliphatic hydroxyl groups is 1. The Labute approximate surface area is 94.0 Å². The first-order valence-corrected chi connectivity index (χ1v) is 5.54. The summed E-state index contributed by atoms with van der Waals surface area (Å²) in [5.74, 6) is 0. The van der Waals surface area contributed by atoms with E-state index < -0.39 is 6.10 Å². The molecule has 16 heavy (non-hydrogen) atoms. The summed E-state index contributed by atoms with van der Waals surface area (Å²) < 4.78 is 2.69. The van der Waals surface area contributed by atoms with Crippen LogP contribution in [0.25, 0.3) is 0 Å². The molecule has 0 spiro atoms. The van der Waals surface area contributed by atoms with Crippen molar-refractivity contribution < 1.29 is 5.11 Å². The zero-order valence-corrected chi connectivity index (χ0v) is 9.72. The third-order valence-corrected chi connectivity index (χ3v) is 2.37. The Morgan fingerprint density at radius 1 is 1.38 bits per heavy atom. The van der Waals surface area contributed by atoms with Gasteiger partial charge >= 0.3 is 5.69 Å². The third kappa shape index (κ3) is 3.06. The molecule has 0 aliphatic heterocycles. The van der Waals surface area contributed by atoms with Crippen LogP contribution in [0.5, 0.6) is 0 Å². The molecule has 1 aromatic rings. The standard InChI is InChI=1S/C11H18N2O3/c1-3-6-12-7-5-10(15)13(11(12)16)8-4-9(2)14/h5,7,9,14H,3-4,6,8H2,1-2H3. The fourth-order valence-electron chi connectivity index (χ4n) is 1.49. The van der Waals surface area contributed by atoms with Gasteiger partial charge in [-0.25, -0.2) is 4.79 Å². The van der Waals surface area contributed by atoms with Gasteiger partial charge in [-0.3, -0.25) is 9.36 Å². The van der Waals surface area contributed by atoms with E-state index in [9.17, 15) is 9.59 Å². The minimum atomic E-state index is -0.508. The molecule has 1 N–H and O–H groups in total. The van der Waals surface area contributed by atoms with Crippen LogP contribution in [0.2, 0.25) is 0 Å². The molecule has 0 fully saturated rings. The number of aryl methyl sites for hydroxylation is 1. The van der Waals surface area contributed by atoms with Gasteiger partial charge in [0.2, 0.25) is 0 Å². The number of rotatable bonds is 5. The van der Waals surface area contributed by atoms with E-state index in [0.29, 0.717) is 13.0 Å². The lowest BCUT2D eigenvalue weighted by Crippen LogP contribution is -2.39. The Balaban J connectivity index is 3.02. The minimum Gasteiger partial charge on any atom is -0.393 e. The highest BCUT2D eigenvalue weighted by Crippen LogP contribution is 1.91. The summed E-state index contributed by atoms with van der Waals surface area (Å²) in [7, 11) is 0. The molecule has 0 aromatic carbocycles. The molecule has 5 nitrogen and oxygen atoms in total. The van der Waals surface area contributed by atoms with Crippen LogP contribution in [0.1, 0.15) is 26.7 Å². The van der Waals surface area contributed by atoms with Gasteiger partial charge in [-0.1, -0.05) is 6.92 Å². The van der Waals surface area contributed by atoms with E-state index >= 15 is 0 Å². The van der Waals surface area contributed by atoms with Gasteiger partial charge in [0, 0.05) is 25.4 Å². The molecule has 0 saturated carbocycles. The van der Waals surface area contributed by atoms with Crippen molar-refractivity contribution in [2.45, 2.75) is 45.9 Å². The first-order valence-electron chi connectivity index (χ1n) is 5.54. The molecule has 1 rings (SSSR count). The van der Waals surface area contributed by atoms with Gasteiger partial charge in [-0.15, -0.1) is 0 Å². The maximum Gasteiger partial charge on any atom is 0.330 e. The normalized spacial score (nSPS) is 12.7. The van der Waals surface area contributed by atoms with Crippen molar-refractivity contribution in [3.63, 3.8) is 0 Å². The smallest absolute Gasteiger partial charge is 0.330 e. The molecule has 1 atom stereocenters. The van der Waals surface area contributed by atoms with E-state index in [-0.39, 0.29) is 17.8 Å². The predicted molar refractivity (Wildman–Crippen MR) is 61.6 cm³/mol. The minimum absolute atomic E-state index is 0.264. The van der Waals surface area contributed by atoms with Gasteiger partial charge in [0.25, 0.3) is 5.56 Å². The summed E-state index contributed by atoms with van der Waals surface area (Å²) in [5.41, 5.74) is -0.604. The molecule has 1 heterocycles. The average molecular weight is 226 g/mol. The second kappa shape index (κ2) is 5.65. The maximum absolute atomic E-state index is 11.8. The number of hydrogen-bond acceptors (Lipinski definition) is 3. The Morgan fingerprint density at radius 2 is 2.06 bits per heavy atom. The molecular weight excluding hydrogens is 208 g/mol. The zero-order chi connectivity index (χ0) is 12.1. The highest BCUT2D eigenvalue weighted by atomic mass is 16.3. The molecule has 0 radical (unpaired) electrons. The molecule has 90 valence electrons. The summed E-state index contributed by atoms with van der Waals surface area (Å²) in [5, 5.41) is 9.14. The molecule has 0 amide bonds. The first-order chi connectivity index (χ1) is 7.56. The highest BCUT2D eigenvalue weighted by molar-refractivity contribution is 4.86. The van der Waals surface area contributed by atoms with Crippen molar-refractivity contribution in [2.75, 3.05) is 0 Å². The van der Waals surface area contributed by atoms with E-state index in [0.717, 1.165) is 6.42 Å². The lowest BCUT2D eigenvalue weighted by Gasteiger charge is -2.09. The quantitative estimate of drug-likeness (QED) is 0.779. The second-order valence-corrected chi connectivity index (χ2v) is 3.92. The van der Waals surface area contributed by atoms with Crippen LogP contribution in [0.4, 0.5) is 0 Å². The molecule has 1 aromatic heterocycles. The lowest BCUT2D eigenvalue weighted by molar-refractivity contribution is 0.176. The van der Waals surface area contributed by atoms with Crippen molar-refractivity contribution in [3.05, 3.63) is 33.1 Å². The SMILES string of the molecule is CCCn1ccc(=O)n(CCC(C)O)c1=O. The lowest BCUT2D eigenvalue weighted by atomic mass is 10.3. The molecule has 0 saturated heterocycles. The van der Waals surface area contributed by atoms with Crippen molar-refractivity contribution in [1.82, 2.24) is 9.13 Å². The summed E-state index contributed by atoms with van der Waals surface area (Å²) in [6.45, 7) is 4.48. The molecular formula is C11H18N2O3. The second-order valence-electron chi connectivity index (χ2n) is 3.92. The Hall–Kier alpha value is -1.36. The van der Waals surface area contributed by atoms with Gasteiger partial charge in [-0.05, 0) is 19.8 Å². The fourth-order valence-corrected chi connectivity index (χ4v) is 1.49. The van der Waals surface area contributed by atoms with Crippen LogP contribution >= 0.6 is 0 Å². The van der Waals surface area contributed by atoms with Crippen LogP contribution in [0, 0.1) is 0 Å². The summed E-state index contributed by atoms with van der Waals surface area (Å²) >= 11 is 0. The van der Waals surface area contributed by atoms with Crippen molar-refractivity contribution in [1.29, 1.82) is 0 Å². The van der Waals surface area contributed by atoms with Gasteiger partial charge in [-0.2, -0.15) is 0 Å². The van der Waals surface area contributed by atoms with E-state index in [1.54, 1.807) is 6.92 Å². The van der Waals surface area contributed by atoms with E-state index in [4.69, 9.17) is 5.11 Å². The first kappa shape index (κ1) is 12.7. The van der Waals surface area contributed by atoms with Crippen LogP contribution in [-0.2, 0) is 13.1 Å². The van der Waals surface area contributed by atoms with Gasteiger partial charge in [0.05, 0.1) is 6.10 Å². The molecule has 0 aliphatic rings. The number of aromatic nitrogens is 2. The predicted octanol–water partition coefficient (Wildman–Crippen LogP) is 0.191. The van der Waals surface area contributed by atoms with E-state index in [1.165, 1.54) is 21.4 Å². The van der Waals surface area contributed by atoms with Crippen molar-refractivity contribution in [3.8, 4) is 0 Å². The Kier molecular flexibility index (Phi) is 4.49. The average Bonchev–Trinajstić information content (AvgIpc) is 2.22. The molecule has 5 heteroatoms. The topological polar surface area (TPSA) is 64.2 Å². The van der Waals surface area contributed by atoms with Crippen LogP contribution in [0.15, 0.2) is 21.9 Å². The summed E-state index contributed by atoms with van der Waals surface area (Å²) in [6, 6.07) is 1.39. The number of nitrogens with zero attached hydrogens (tertiary/aromatic N) is 2. The monoisotopic (exact) mass is 226 g/mol. The van der Waals surface area contributed by atoms with Gasteiger partial charge in [0.1, 0.15) is 0 Å². The molecule has 0 bridgehead atoms. The third-order valence-electron chi connectivity index (χ3n) is 2.37. The van der Waals surface area contributed by atoms with Crippen molar-refractivity contribution >= 4 is 0 Å². The fraction of sp³-hybridized carbons (Fsp3) is 0.636. The zero-order valence-electron chi connectivity index (χ0n) is 9.72. The Bertz CT molecular complexity index is 445. The van der Waals surface area contributed by atoms with Crippen molar-refractivity contribution in [2.24, 2.45) is 0 Å². The van der Waals surface area contributed by atoms with E-state index in [2.05, 4.69) is 0 Å².